The molecular formula is C15H17N3O2S. The molecule has 0 saturated heterocycles. The highest BCUT2D eigenvalue weighted by molar-refractivity contribution is 7.13. The summed E-state index contributed by atoms with van der Waals surface area (Å²) in [5.74, 6) is -0.114. The molecule has 2 rings (SSSR count). The molecule has 0 bridgehead atoms. The first kappa shape index (κ1) is 15.2. The van der Waals surface area contributed by atoms with Crippen molar-refractivity contribution in [1.29, 1.82) is 0 Å². The fourth-order valence-corrected chi connectivity index (χ4v) is 2.90. The number of rotatable bonds is 6. The Labute approximate surface area is 127 Å². The topological polar surface area (TPSA) is 71.1 Å². The maximum Gasteiger partial charge on any atom is 0.222 e. The second kappa shape index (κ2) is 6.99. The van der Waals surface area contributed by atoms with Crippen LogP contribution in [-0.4, -0.2) is 24.3 Å². The average molecular weight is 303 g/mol. The molecule has 1 unspecified atom stereocenters. The van der Waals surface area contributed by atoms with Crippen molar-refractivity contribution in [3.05, 3.63) is 41.0 Å². The van der Waals surface area contributed by atoms with Crippen molar-refractivity contribution in [2.24, 2.45) is 0 Å². The van der Waals surface area contributed by atoms with E-state index in [0.29, 0.717) is 6.41 Å². The quantitative estimate of drug-likeness (QED) is 0.802. The molecular weight excluding hydrogens is 286 g/mol. The maximum atomic E-state index is 11.5. The van der Waals surface area contributed by atoms with Crippen molar-refractivity contribution in [2.75, 3.05) is 7.05 Å². The summed E-state index contributed by atoms with van der Waals surface area (Å²) >= 11 is 1.59. The number of hydrogen-bond acceptors (Lipinski definition) is 4. The minimum atomic E-state index is -0.320. The van der Waals surface area contributed by atoms with Gasteiger partial charge in [0, 0.05) is 7.05 Å². The number of carbonyl (C=O) groups is 2. The molecule has 2 N–H and O–H groups in total. The lowest BCUT2D eigenvalue weighted by molar-refractivity contribution is -0.121. The third-order valence-electron chi connectivity index (χ3n) is 3.26. The molecule has 0 saturated carbocycles. The lowest BCUT2D eigenvalue weighted by Gasteiger charge is -2.16. The normalized spacial score (nSPS) is 11.7. The number of carbonyl (C=O) groups excluding carboxylic acids is 2. The number of aromatic nitrogens is 1. The summed E-state index contributed by atoms with van der Waals surface area (Å²) < 4.78 is 0. The lowest BCUT2D eigenvalue weighted by Crippen LogP contribution is -2.27. The van der Waals surface area contributed by atoms with Gasteiger partial charge in [-0.1, -0.05) is 24.3 Å². The summed E-state index contributed by atoms with van der Waals surface area (Å²) in [5.41, 5.74) is 4.81. The highest BCUT2D eigenvalue weighted by Gasteiger charge is 2.15. The Morgan fingerprint density at radius 2 is 2.10 bits per heavy atom. The molecule has 21 heavy (non-hydrogen) atoms. The highest BCUT2D eigenvalue weighted by Crippen LogP contribution is 2.28. The fourth-order valence-electron chi connectivity index (χ4n) is 2.09. The van der Waals surface area contributed by atoms with Crippen LogP contribution in [0.5, 0.6) is 0 Å². The molecule has 5 nitrogen and oxygen atoms in total. The molecule has 2 amide bonds. The summed E-state index contributed by atoms with van der Waals surface area (Å²) in [6.45, 7) is 1.97. The maximum absolute atomic E-state index is 11.5. The second-order valence-electron chi connectivity index (χ2n) is 4.60. The van der Waals surface area contributed by atoms with Gasteiger partial charge in [0.05, 0.1) is 28.5 Å². The van der Waals surface area contributed by atoms with Crippen molar-refractivity contribution in [3.8, 4) is 10.4 Å². The first-order valence-corrected chi connectivity index (χ1v) is 7.44. The minimum Gasteiger partial charge on any atom is -0.359 e. The fraction of sp³-hybridized carbons (Fsp3) is 0.267. The zero-order valence-electron chi connectivity index (χ0n) is 11.9. The van der Waals surface area contributed by atoms with Crippen LogP contribution in [0.4, 0.5) is 0 Å². The van der Waals surface area contributed by atoms with Gasteiger partial charge in [-0.15, -0.1) is 11.3 Å². The summed E-state index contributed by atoms with van der Waals surface area (Å²) in [7, 11) is 1.58. The second-order valence-corrected chi connectivity index (χ2v) is 5.46. The molecule has 1 aromatic heterocycles. The van der Waals surface area contributed by atoms with Crippen molar-refractivity contribution in [1.82, 2.24) is 15.6 Å². The number of aryl methyl sites for hydroxylation is 1. The van der Waals surface area contributed by atoms with Gasteiger partial charge < -0.3 is 10.6 Å². The summed E-state index contributed by atoms with van der Waals surface area (Å²) in [6.07, 6.45) is 0.836. The van der Waals surface area contributed by atoms with Gasteiger partial charge in [0.25, 0.3) is 0 Å². The van der Waals surface area contributed by atoms with Crippen LogP contribution < -0.4 is 10.6 Å². The third-order valence-corrected chi connectivity index (χ3v) is 4.24. The van der Waals surface area contributed by atoms with Gasteiger partial charge in [0.2, 0.25) is 12.3 Å². The van der Waals surface area contributed by atoms with Crippen LogP contribution in [0.15, 0.2) is 29.8 Å². The standard InChI is InChI=1S/C15H17N3O2S/c1-10-15(21-9-18-10)12-5-3-11(4-6-12)13(17-8-19)7-14(20)16-2/h3-6,8-9,13H,7H2,1-2H3,(H,16,20)(H,17,19). The van der Waals surface area contributed by atoms with E-state index >= 15 is 0 Å². The van der Waals surface area contributed by atoms with Gasteiger partial charge in [-0.25, -0.2) is 4.98 Å². The third kappa shape index (κ3) is 3.66. The van der Waals surface area contributed by atoms with Crippen molar-refractivity contribution in [2.45, 2.75) is 19.4 Å². The number of nitrogens with zero attached hydrogens (tertiary/aromatic N) is 1. The van der Waals surface area contributed by atoms with E-state index in [1.54, 1.807) is 18.4 Å². The molecule has 1 heterocycles. The van der Waals surface area contributed by atoms with Gasteiger partial charge in [0.15, 0.2) is 0 Å². The first-order valence-electron chi connectivity index (χ1n) is 6.56. The Hall–Kier alpha value is -2.21. The molecule has 110 valence electrons. The molecule has 0 radical (unpaired) electrons. The van der Waals surface area contributed by atoms with Crippen molar-refractivity contribution >= 4 is 23.7 Å². The Morgan fingerprint density at radius 3 is 2.62 bits per heavy atom. The van der Waals surface area contributed by atoms with Crippen LogP contribution in [0.3, 0.4) is 0 Å². The van der Waals surface area contributed by atoms with E-state index in [1.165, 1.54) is 0 Å². The van der Waals surface area contributed by atoms with E-state index in [1.807, 2.05) is 36.7 Å². The molecule has 0 aliphatic carbocycles. The highest BCUT2D eigenvalue weighted by atomic mass is 32.1. The molecule has 0 aliphatic rings. The zero-order chi connectivity index (χ0) is 15.2. The van der Waals surface area contributed by atoms with Crippen LogP contribution in [0.2, 0.25) is 0 Å². The van der Waals surface area contributed by atoms with Crippen molar-refractivity contribution in [3.63, 3.8) is 0 Å². The first-order chi connectivity index (χ1) is 10.2. The molecule has 0 spiro atoms. The predicted octanol–water partition coefficient (Wildman–Crippen LogP) is 2.04. The van der Waals surface area contributed by atoms with Gasteiger partial charge in [0.1, 0.15) is 0 Å². The summed E-state index contributed by atoms with van der Waals surface area (Å²) in [4.78, 5) is 27.6. The van der Waals surface area contributed by atoms with Crippen LogP contribution in [-0.2, 0) is 9.59 Å². The van der Waals surface area contributed by atoms with E-state index in [0.717, 1.165) is 21.7 Å². The van der Waals surface area contributed by atoms with Crippen LogP contribution in [0.25, 0.3) is 10.4 Å². The number of amides is 2. The Balaban J connectivity index is 2.21. The van der Waals surface area contributed by atoms with E-state index in [9.17, 15) is 9.59 Å². The summed E-state index contributed by atoms with van der Waals surface area (Å²) in [5, 5.41) is 5.24. The number of hydrogen-bond donors (Lipinski definition) is 2. The Kier molecular flexibility index (Phi) is 5.05. The van der Waals surface area contributed by atoms with Gasteiger partial charge in [-0.2, -0.15) is 0 Å². The van der Waals surface area contributed by atoms with Crippen LogP contribution in [0, 0.1) is 6.92 Å². The number of thiazole rings is 1. The molecule has 0 aliphatic heterocycles. The van der Waals surface area contributed by atoms with E-state index < -0.39 is 0 Å². The van der Waals surface area contributed by atoms with Crippen LogP contribution >= 0.6 is 11.3 Å². The minimum absolute atomic E-state index is 0.114. The molecule has 1 aromatic carbocycles. The van der Waals surface area contributed by atoms with Crippen molar-refractivity contribution < 1.29 is 9.59 Å². The smallest absolute Gasteiger partial charge is 0.222 e. The van der Waals surface area contributed by atoms with Crippen LogP contribution in [0.1, 0.15) is 23.7 Å². The molecule has 0 fully saturated rings. The number of nitrogens with one attached hydrogen (secondary N) is 2. The SMILES string of the molecule is CNC(=O)CC(NC=O)c1ccc(-c2scnc2C)cc1. The molecule has 2 aromatic rings. The van der Waals surface area contributed by atoms with Gasteiger partial charge in [-0.3, -0.25) is 9.59 Å². The molecule has 6 heteroatoms. The lowest BCUT2D eigenvalue weighted by atomic mass is 10.0. The monoisotopic (exact) mass is 303 g/mol. The molecule has 1 atom stereocenters. The Morgan fingerprint density at radius 1 is 1.38 bits per heavy atom. The Bertz CT molecular complexity index is 622. The van der Waals surface area contributed by atoms with Gasteiger partial charge in [-0.05, 0) is 18.1 Å². The van der Waals surface area contributed by atoms with E-state index in [-0.39, 0.29) is 18.4 Å². The zero-order valence-corrected chi connectivity index (χ0v) is 12.7. The number of benzene rings is 1. The van der Waals surface area contributed by atoms with Gasteiger partial charge >= 0.3 is 0 Å². The summed E-state index contributed by atoms with van der Waals surface area (Å²) in [6, 6.07) is 7.51. The largest absolute Gasteiger partial charge is 0.359 e. The average Bonchev–Trinajstić information content (AvgIpc) is 2.93. The van der Waals surface area contributed by atoms with E-state index in [4.69, 9.17) is 0 Å². The van der Waals surface area contributed by atoms with E-state index in [2.05, 4.69) is 15.6 Å². The predicted molar refractivity (Wildman–Crippen MR) is 82.9 cm³/mol.